The first-order chi connectivity index (χ1) is 8.56. The van der Waals surface area contributed by atoms with Crippen LogP contribution in [0.2, 0.25) is 0 Å². The Bertz CT molecular complexity index is 219. The van der Waals surface area contributed by atoms with Crippen molar-refractivity contribution in [2.24, 2.45) is 5.92 Å². The second-order valence-corrected chi connectivity index (χ2v) is 6.53. The zero-order chi connectivity index (χ0) is 13.6. The molecule has 1 fully saturated rings. The summed E-state index contributed by atoms with van der Waals surface area (Å²) < 4.78 is 0. The van der Waals surface area contributed by atoms with Crippen LogP contribution in [-0.2, 0) is 0 Å². The first kappa shape index (κ1) is 16.0. The summed E-state index contributed by atoms with van der Waals surface area (Å²) in [5, 5.41) is 3.64. The molecule has 2 unspecified atom stereocenters. The van der Waals surface area contributed by atoms with Crippen molar-refractivity contribution >= 4 is 0 Å². The Kier molecular flexibility index (Phi) is 6.65. The fraction of sp³-hybridized carbons (Fsp3) is 1.00. The summed E-state index contributed by atoms with van der Waals surface area (Å²) in [5.41, 5.74) is 0.398. The van der Waals surface area contributed by atoms with Gasteiger partial charge in [0.1, 0.15) is 0 Å². The van der Waals surface area contributed by atoms with Crippen LogP contribution in [0.25, 0.3) is 0 Å². The van der Waals surface area contributed by atoms with Gasteiger partial charge < -0.3 is 10.2 Å². The largest absolute Gasteiger partial charge is 0.315 e. The van der Waals surface area contributed by atoms with Gasteiger partial charge in [-0.3, -0.25) is 0 Å². The smallest absolute Gasteiger partial charge is 0.0356 e. The van der Waals surface area contributed by atoms with Crippen LogP contribution in [0.4, 0.5) is 0 Å². The van der Waals surface area contributed by atoms with Crippen molar-refractivity contribution in [3.05, 3.63) is 0 Å². The van der Waals surface area contributed by atoms with Crippen LogP contribution < -0.4 is 5.32 Å². The molecular formula is C16H34N2. The van der Waals surface area contributed by atoms with Crippen molar-refractivity contribution in [3.8, 4) is 0 Å². The molecule has 2 heteroatoms. The van der Waals surface area contributed by atoms with Gasteiger partial charge in [-0.15, -0.1) is 0 Å². The lowest BCUT2D eigenvalue weighted by Gasteiger charge is -2.49. The van der Waals surface area contributed by atoms with Crippen molar-refractivity contribution < 1.29 is 0 Å². The first-order valence-electron chi connectivity index (χ1n) is 7.91. The van der Waals surface area contributed by atoms with E-state index >= 15 is 0 Å². The van der Waals surface area contributed by atoms with E-state index in [1.54, 1.807) is 0 Å². The lowest BCUT2D eigenvalue weighted by atomic mass is 9.72. The van der Waals surface area contributed by atoms with Crippen LogP contribution in [0.5, 0.6) is 0 Å². The zero-order valence-corrected chi connectivity index (χ0v) is 13.3. The Hall–Kier alpha value is -0.0800. The highest BCUT2D eigenvalue weighted by molar-refractivity contribution is 5.00. The van der Waals surface area contributed by atoms with E-state index in [-0.39, 0.29) is 0 Å². The van der Waals surface area contributed by atoms with Gasteiger partial charge in [-0.25, -0.2) is 0 Å². The molecule has 0 aliphatic heterocycles. The third-order valence-corrected chi connectivity index (χ3v) is 5.03. The molecule has 0 radical (unpaired) electrons. The topological polar surface area (TPSA) is 15.3 Å². The molecule has 108 valence electrons. The SMILES string of the molecule is CCCC(C)CC(NC)C1(N(C)C)CCCCC1. The minimum absolute atomic E-state index is 0.398. The van der Waals surface area contributed by atoms with Gasteiger partial charge in [0.25, 0.3) is 0 Å². The average Bonchev–Trinajstić information content (AvgIpc) is 2.37. The molecule has 0 bridgehead atoms. The normalized spacial score (nSPS) is 23.0. The van der Waals surface area contributed by atoms with Crippen LogP contribution in [0.1, 0.15) is 65.2 Å². The third-order valence-electron chi connectivity index (χ3n) is 5.03. The molecule has 0 saturated heterocycles. The van der Waals surface area contributed by atoms with E-state index in [0.717, 1.165) is 5.92 Å². The molecule has 1 aliphatic rings. The summed E-state index contributed by atoms with van der Waals surface area (Å²) in [4.78, 5) is 2.51. The monoisotopic (exact) mass is 254 g/mol. The van der Waals surface area contributed by atoms with Crippen molar-refractivity contribution in [3.63, 3.8) is 0 Å². The van der Waals surface area contributed by atoms with E-state index in [0.29, 0.717) is 11.6 Å². The second kappa shape index (κ2) is 7.49. The fourth-order valence-electron chi connectivity index (χ4n) is 3.89. The third kappa shape index (κ3) is 3.71. The Balaban J connectivity index is 2.74. The highest BCUT2D eigenvalue weighted by Gasteiger charge is 2.41. The maximum absolute atomic E-state index is 3.64. The maximum Gasteiger partial charge on any atom is 0.0356 e. The summed E-state index contributed by atoms with van der Waals surface area (Å²) in [6.07, 6.45) is 11.0. The molecule has 0 aromatic carbocycles. The van der Waals surface area contributed by atoms with Crippen LogP contribution >= 0.6 is 0 Å². The highest BCUT2D eigenvalue weighted by atomic mass is 15.2. The molecule has 1 aliphatic carbocycles. The Labute approximate surface area is 115 Å². The number of hydrogen-bond acceptors (Lipinski definition) is 2. The molecule has 2 nitrogen and oxygen atoms in total. The molecule has 2 atom stereocenters. The van der Waals surface area contributed by atoms with E-state index in [1.807, 2.05) is 0 Å². The molecule has 1 rings (SSSR count). The van der Waals surface area contributed by atoms with Crippen molar-refractivity contribution in [2.75, 3.05) is 21.1 Å². The van der Waals surface area contributed by atoms with Gasteiger partial charge in [-0.1, -0.05) is 46.0 Å². The molecule has 1 saturated carbocycles. The first-order valence-corrected chi connectivity index (χ1v) is 7.91. The molecule has 0 aromatic heterocycles. The quantitative estimate of drug-likeness (QED) is 0.746. The molecule has 1 N–H and O–H groups in total. The summed E-state index contributed by atoms with van der Waals surface area (Å²) in [6, 6.07) is 0.648. The Morgan fingerprint density at radius 2 is 1.78 bits per heavy atom. The van der Waals surface area contributed by atoms with E-state index in [1.165, 1.54) is 51.4 Å². The number of nitrogens with zero attached hydrogens (tertiary/aromatic N) is 1. The van der Waals surface area contributed by atoms with Gasteiger partial charge in [-0.05, 0) is 46.3 Å². The number of nitrogens with one attached hydrogen (secondary N) is 1. The summed E-state index contributed by atoms with van der Waals surface area (Å²) in [6.45, 7) is 4.72. The lowest BCUT2D eigenvalue weighted by molar-refractivity contribution is 0.0502. The van der Waals surface area contributed by atoms with Gasteiger partial charge in [0.15, 0.2) is 0 Å². The number of likely N-dealkylation sites (N-methyl/N-ethyl adjacent to an activating group) is 2. The van der Waals surface area contributed by atoms with E-state index < -0.39 is 0 Å². The van der Waals surface area contributed by atoms with Gasteiger partial charge in [0.05, 0.1) is 0 Å². The maximum atomic E-state index is 3.64. The summed E-state index contributed by atoms with van der Waals surface area (Å²) >= 11 is 0. The molecule has 0 aromatic rings. The minimum Gasteiger partial charge on any atom is -0.315 e. The summed E-state index contributed by atoms with van der Waals surface area (Å²) in [5.74, 6) is 0.839. The standard InChI is InChI=1S/C16H34N2/c1-6-10-14(2)13-15(17-3)16(18(4)5)11-8-7-9-12-16/h14-15,17H,6-13H2,1-5H3. The van der Waals surface area contributed by atoms with Crippen molar-refractivity contribution in [2.45, 2.75) is 76.8 Å². The predicted molar refractivity (Wildman–Crippen MR) is 81.0 cm³/mol. The Morgan fingerprint density at radius 1 is 1.17 bits per heavy atom. The highest BCUT2D eigenvalue weighted by Crippen LogP contribution is 2.37. The van der Waals surface area contributed by atoms with Gasteiger partial charge in [0.2, 0.25) is 0 Å². The number of rotatable bonds is 7. The van der Waals surface area contributed by atoms with Crippen LogP contribution in [0, 0.1) is 5.92 Å². The molecular weight excluding hydrogens is 220 g/mol. The van der Waals surface area contributed by atoms with Gasteiger partial charge in [-0.2, -0.15) is 0 Å². The van der Waals surface area contributed by atoms with E-state index in [4.69, 9.17) is 0 Å². The van der Waals surface area contributed by atoms with Crippen LogP contribution in [0.3, 0.4) is 0 Å². The van der Waals surface area contributed by atoms with E-state index in [9.17, 15) is 0 Å². The van der Waals surface area contributed by atoms with Crippen molar-refractivity contribution in [1.82, 2.24) is 10.2 Å². The zero-order valence-electron chi connectivity index (χ0n) is 13.3. The van der Waals surface area contributed by atoms with Gasteiger partial charge in [0, 0.05) is 11.6 Å². The van der Waals surface area contributed by atoms with E-state index in [2.05, 4.69) is 45.2 Å². The predicted octanol–water partition coefficient (Wildman–Crippen LogP) is 3.67. The fourth-order valence-corrected chi connectivity index (χ4v) is 3.89. The van der Waals surface area contributed by atoms with Gasteiger partial charge >= 0.3 is 0 Å². The Morgan fingerprint density at radius 3 is 2.22 bits per heavy atom. The second-order valence-electron chi connectivity index (χ2n) is 6.53. The minimum atomic E-state index is 0.398. The molecule has 0 spiro atoms. The van der Waals surface area contributed by atoms with Crippen molar-refractivity contribution in [1.29, 1.82) is 0 Å². The lowest BCUT2D eigenvalue weighted by Crippen LogP contribution is -2.59. The molecule has 18 heavy (non-hydrogen) atoms. The molecule has 0 amide bonds. The van der Waals surface area contributed by atoms with Crippen LogP contribution in [-0.4, -0.2) is 37.6 Å². The number of hydrogen-bond donors (Lipinski definition) is 1. The summed E-state index contributed by atoms with van der Waals surface area (Å²) in [7, 11) is 6.71. The average molecular weight is 254 g/mol. The van der Waals surface area contributed by atoms with Crippen LogP contribution in [0.15, 0.2) is 0 Å². The molecule has 0 heterocycles.